The lowest BCUT2D eigenvalue weighted by molar-refractivity contribution is -0.128. The number of anilines is 2. The molecule has 0 saturated heterocycles. The molecule has 3 amide bonds. The molecule has 1 aliphatic heterocycles. The van der Waals surface area contributed by atoms with E-state index < -0.39 is 6.10 Å². The molecular formula is C22H25N3O4. The third kappa shape index (κ3) is 5.13. The van der Waals surface area contributed by atoms with Crippen LogP contribution < -0.4 is 20.3 Å². The molecule has 7 heteroatoms. The minimum atomic E-state index is -0.748. The maximum Gasteiger partial charge on any atom is 0.262 e. The predicted octanol–water partition coefficient (Wildman–Crippen LogP) is 2.51. The largest absolute Gasteiger partial charge is 0.477 e. The number of rotatable bonds is 6. The van der Waals surface area contributed by atoms with Gasteiger partial charge in [0.15, 0.2) is 6.10 Å². The summed E-state index contributed by atoms with van der Waals surface area (Å²) >= 11 is 0. The number of carbonyl (C=O) groups excluding carboxylic acids is 3. The van der Waals surface area contributed by atoms with Crippen molar-refractivity contribution in [2.24, 2.45) is 0 Å². The number of hydrogen-bond acceptors (Lipinski definition) is 4. The number of nitrogens with zero attached hydrogens (tertiary/aromatic N) is 1. The van der Waals surface area contributed by atoms with Crippen molar-refractivity contribution in [1.82, 2.24) is 5.32 Å². The molecule has 2 aromatic carbocycles. The summed E-state index contributed by atoms with van der Waals surface area (Å²) < 4.78 is 5.83. The smallest absolute Gasteiger partial charge is 0.262 e. The first-order valence-electron chi connectivity index (χ1n) is 9.68. The monoisotopic (exact) mass is 395 g/mol. The van der Waals surface area contributed by atoms with Crippen molar-refractivity contribution in [2.75, 3.05) is 23.3 Å². The van der Waals surface area contributed by atoms with E-state index in [0.29, 0.717) is 23.7 Å². The van der Waals surface area contributed by atoms with Crippen molar-refractivity contribution in [3.8, 4) is 5.75 Å². The van der Waals surface area contributed by atoms with Crippen molar-refractivity contribution in [3.05, 3.63) is 54.1 Å². The molecule has 29 heavy (non-hydrogen) atoms. The number of amides is 3. The van der Waals surface area contributed by atoms with Crippen molar-refractivity contribution in [3.63, 3.8) is 0 Å². The average molecular weight is 395 g/mol. The van der Waals surface area contributed by atoms with E-state index in [9.17, 15) is 14.4 Å². The lowest BCUT2D eigenvalue weighted by Gasteiger charge is -2.34. The Bertz CT molecular complexity index is 895. The molecule has 1 aliphatic rings. The Morgan fingerprint density at radius 3 is 2.52 bits per heavy atom. The van der Waals surface area contributed by atoms with E-state index in [4.69, 9.17) is 4.74 Å². The van der Waals surface area contributed by atoms with Gasteiger partial charge < -0.3 is 20.3 Å². The number of fused-ring (bicyclic) bond motifs is 1. The Labute approximate surface area is 170 Å². The Balaban J connectivity index is 1.75. The zero-order valence-corrected chi connectivity index (χ0v) is 16.6. The van der Waals surface area contributed by atoms with E-state index in [1.165, 1.54) is 6.92 Å². The SMILES string of the molecule is CCCNC(=O)[C@@H]1CN(C(=O)Cc2ccc(NC(C)=O)cc2)c2ccccc2O1. The van der Waals surface area contributed by atoms with Gasteiger partial charge in [0.05, 0.1) is 18.7 Å². The molecule has 0 bridgehead atoms. The predicted molar refractivity (Wildman–Crippen MR) is 111 cm³/mol. The topological polar surface area (TPSA) is 87.7 Å². The third-order valence-electron chi connectivity index (χ3n) is 4.55. The van der Waals surface area contributed by atoms with Crippen LogP contribution in [0.3, 0.4) is 0 Å². The van der Waals surface area contributed by atoms with Gasteiger partial charge in [-0.3, -0.25) is 14.4 Å². The number of nitrogens with one attached hydrogen (secondary N) is 2. The van der Waals surface area contributed by atoms with Gasteiger partial charge in [0.1, 0.15) is 5.75 Å². The fraction of sp³-hybridized carbons (Fsp3) is 0.318. The van der Waals surface area contributed by atoms with Gasteiger partial charge in [0.25, 0.3) is 5.91 Å². The molecule has 0 spiro atoms. The highest BCUT2D eigenvalue weighted by atomic mass is 16.5. The minimum Gasteiger partial charge on any atom is -0.477 e. The highest BCUT2D eigenvalue weighted by Gasteiger charge is 2.33. The van der Waals surface area contributed by atoms with Gasteiger partial charge in [-0.1, -0.05) is 31.2 Å². The molecule has 7 nitrogen and oxygen atoms in total. The third-order valence-corrected chi connectivity index (χ3v) is 4.55. The van der Waals surface area contributed by atoms with Crippen LogP contribution in [-0.2, 0) is 20.8 Å². The standard InChI is InChI=1S/C22H25N3O4/c1-3-12-23-22(28)20-14-25(18-6-4-5-7-19(18)29-20)21(27)13-16-8-10-17(11-9-16)24-15(2)26/h4-11,20H,3,12-14H2,1-2H3,(H,23,28)(H,24,26)/t20-/m0/s1. The van der Waals surface area contributed by atoms with E-state index in [2.05, 4.69) is 10.6 Å². The molecule has 1 heterocycles. The van der Waals surface area contributed by atoms with Crippen molar-refractivity contribution >= 4 is 29.1 Å². The van der Waals surface area contributed by atoms with E-state index in [1.807, 2.05) is 25.1 Å². The summed E-state index contributed by atoms with van der Waals surface area (Å²) in [6.45, 7) is 4.15. The summed E-state index contributed by atoms with van der Waals surface area (Å²) in [5, 5.41) is 5.53. The van der Waals surface area contributed by atoms with E-state index in [1.54, 1.807) is 35.2 Å². The summed E-state index contributed by atoms with van der Waals surface area (Å²) in [5.74, 6) is 0.0241. The first-order valence-corrected chi connectivity index (χ1v) is 9.68. The Hall–Kier alpha value is -3.35. The lowest BCUT2D eigenvalue weighted by atomic mass is 10.1. The highest BCUT2D eigenvalue weighted by Crippen LogP contribution is 2.33. The normalized spacial score (nSPS) is 15.1. The number of carbonyl (C=O) groups is 3. The fourth-order valence-electron chi connectivity index (χ4n) is 3.15. The fourth-order valence-corrected chi connectivity index (χ4v) is 3.15. The summed E-state index contributed by atoms with van der Waals surface area (Å²) in [5.41, 5.74) is 2.16. The minimum absolute atomic E-state index is 0.124. The van der Waals surface area contributed by atoms with Gasteiger partial charge in [-0.25, -0.2) is 0 Å². The number of para-hydroxylation sites is 2. The first-order chi connectivity index (χ1) is 14.0. The summed E-state index contributed by atoms with van der Waals surface area (Å²) in [6.07, 6.45) is 0.256. The average Bonchev–Trinajstić information content (AvgIpc) is 2.72. The van der Waals surface area contributed by atoms with Gasteiger partial charge in [0, 0.05) is 19.2 Å². The van der Waals surface area contributed by atoms with Gasteiger partial charge >= 0.3 is 0 Å². The zero-order chi connectivity index (χ0) is 20.8. The molecule has 2 aromatic rings. The molecule has 0 saturated carbocycles. The Morgan fingerprint density at radius 1 is 1.10 bits per heavy atom. The van der Waals surface area contributed by atoms with E-state index in [0.717, 1.165) is 12.0 Å². The highest BCUT2D eigenvalue weighted by molar-refractivity contribution is 5.98. The second kappa shape index (κ2) is 9.23. The van der Waals surface area contributed by atoms with Crippen LogP contribution >= 0.6 is 0 Å². The van der Waals surface area contributed by atoms with Gasteiger partial charge in [-0.15, -0.1) is 0 Å². The van der Waals surface area contributed by atoms with E-state index in [-0.39, 0.29) is 30.7 Å². The van der Waals surface area contributed by atoms with Gasteiger partial charge in [-0.2, -0.15) is 0 Å². The maximum atomic E-state index is 13.0. The quantitative estimate of drug-likeness (QED) is 0.787. The Kier molecular flexibility index (Phi) is 6.49. The van der Waals surface area contributed by atoms with Crippen molar-refractivity contribution < 1.29 is 19.1 Å². The van der Waals surface area contributed by atoms with Crippen molar-refractivity contribution in [2.45, 2.75) is 32.8 Å². The van der Waals surface area contributed by atoms with E-state index >= 15 is 0 Å². The summed E-state index contributed by atoms with van der Waals surface area (Å²) in [6, 6.07) is 14.4. The summed E-state index contributed by atoms with van der Waals surface area (Å²) in [7, 11) is 0. The molecule has 2 N–H and O–H groups in total. The molecule has 0 aliphatic carbocycles. The summed E-state index contributed by atoms with van der Waals surface area (Å²) in [4.78, 5) is 38.2. The lowest BCUT2D eigenvalue weighted by Crippen LogP contribution is -2.51. The molecule has 0 radical (unpaired) electrons. The second-order valence-corrected chi connectivity index (χ2v) is 6.92. The Morgan fingerprint density at radius 2 is 1.83 bits per heavy atom. The molecule has 152 valence electrons. The van der Waals surface area contributed by atoms with Crippen LogP contribution in [0.5, 0.6) is 5.75 Å². The molecule has 3 rings (SSSR count). The van der Waals surface area contributed by atoms with Crippen LogP contribution in [-0.4, -0.2) is 36.9 Å². The second-order valence-electron chi connectivity index (χ2n) is 6.92. The van der Waals surface area contributed by atoms with Crippen LogP contribution in [0.1, 0.15) is 25.8 Å². The van der Waals surface area contributed by atoms with Gasteiger partial charge in [0.2, 0.25) is 11.8 Å². The molecular weight excluding hydrogens is 370 g/mol. The van der Waals surface area contributed by atoms with Crippen LogP contribution in [0.25, 0.3) is 0 Å². The molecule has 0 fully saturated rings. The number of hydrogen-bond donors (Lipinski definition) is 2. The van der Waals surface area contributed by atoms with Crippen LogP contribution in [0.15, 0.2) is 48.5 Å². The molecule has 1 atom stereocenters. The zero-order valence-electron chi connectivity index (χ0n) is 16.6. The number of benzene rings is 2. The number of ether oxygens (including phenoxy) is 1. The van der Waals surface area contributed by atoms with Crippen molar-refractivity contribution in [1.29, 1.82) is 0 Å². The first kappa shape index (κ1) is 20.4. The van der Waals surface area contributed by atoms with Crippen LogP contribution in [0.4, 0.5) is 11.4 Å². The molecule has 0 unspecified atom stereocenters. The molecule has 0 aromatic heterocycles. The van der Waals surface area contributed by atoms with Crippen LogP contribution in [0.2, 0.25) is 0 Å². The van der Waals surface area contributed by atoms with Crippen LogP contribution in [0, 0.1) is 0 Å². The maximum absolute atomic E-state index is 13.0. The van der Waals surface area contributed by atoms with Gasteiger partial charge in [-0.05, 0) is 36.2 Å².